The molecule has 0 fully saturated rings. The summed E-state index contributed by atoms with van der Waals surface area (Å²) in [5, 5.41) is 10.8. The Morgan fingerprint density at radius 3 is 2.83 bits per heavy atom. The van der Waals surface area contributed by atoms with Gasteiger partial charge in [-0.2, -0.15) is 0 Å². The molecule has 29 heavy (non-hydrogen) atoms. The van der Waals surface area contributed by atoms with Gasteiger partial charge in [-0.25, -0.2) is 4.79 Å². The molecule has 1 unspecified atom stereocenters. The van der Waals surface area contributed by atoms with Gasteiger partial charge in [0, 0.05) is 22.8 Å². The first-order valence-electron chi connectivity index (χ1n) is 8.79. The first-order valence-corrected chi connectivity index (χ1v) is 9.60. The fourth-order valence-electron chi connectivity index (χ4n) is 3.40. The molecule has 3 rings (SSSR count). The lowest BCUT2D eigenvalue weighted by Gasteiger charge is -2.32. The SMILES string of the molecule is COc1cccc(C2C(C(=O)OCC[N+](=O)[O-])=C(N)SC3=C2C(=O)CCC3)c1.Cl. The third kappa shape index (κ3) is 4.91. The van der Waals surface area contributed by atoms with Gasteiger partial charge in [0.05, 0.1) is 17.7 Å². The van der Waals surface area contributed by atoms with Gasteiger partial charge < -0.3 is 15.2 Å². The molecule has 1 aliphatic carbocycles. The van der Waals surface area contributed by atoms with Crippen molar-refractivity contribution >= 4 is 35.9 Å². The number of carbonyl (C=O) groups is 2. The summed E-state index contributed by atoms with van der Waals surface area (Å²) in [6.45, 7) is -0.860. The van der Waals surface area contributed by atoms with Crippen molar-refractivity contribution in [2.45, 2.75) is 25.2 Å². The summed E-state index contributed by atoms with van der Waals surface area (Å²) in [5.41, 5.74) is 7.58. The highest BCUT2D eigenvalue weighted by molar-refractivity contribution is 8.06. The van der Waals surface area contributed by atoms with E-state index < -0.39 is 23.4 Å². The topological polar surface area (TPSA) is 122 Å². The molecular weight excluding hydrogens is 420 g/mol. The lowest BCUT2D eigenvalue weighted by molar-refractivity contribution is -0.482. The molecular formula is C19H21ClN2O6S. The van der Waals surface area contributed by atoms with Crippen LogP contribution in [0.25, 0.3) is 0 Å². The molecule has 10 heteroatoms. The van der Waals surface area contributed by atoms with Crippen molar-refractivity contribution in [1.82, 2.24) is 0 Å². The Balaban J connectivity index is 0.00000300. The smallest absolute Gasteiger partial charge is 0.337 e. The van der Waals surface area contributed by atoms with Crippen LogP contribution in [0.5, 0.6) is 5.75 Å². The molecule has 1 aliphatic heterocycles. The van der Waals surface area contributed by atoms with Crippen LogP contribution in [-0.2, 0) is 14.3 Å². The highest BCUT2D eigenvalue weighted by Gasteiger charge is 2.40. The molecule has 2 N–H and O–H groups in total. The number of halogens is 1. The van der Waals surface area contributed by atoms with E-state index in [1.807, 2.05) is 0 Å². The molecule has 0 radical (unpaired) electrons. The third-order valence-corrected chi connectivity index (χ3v) is 5.75. The monoisotopic (exact) mass is 440 g/mol. The van der Waals surface area contributed by atoms with Gasteiger partial charge in [0.2, 0.25) is 6.54 Å². The van der Waals surface area contributed by atoms with E-state index in [9.17, 15) is 19.7 Å². The number of methoxy groups -OCH3 is 1. The number of rotatable bonds is 6. The zero-order valence-corrected chi connectivity index (χ0v) is 17.3. The predicted octanol–water partition coefficient (Wildman–Crippen LogP) is 2.94. The van der Waals surface area contributed by atoms with E-state index in [1.54, 1.807) is 24.3 Å². The molecule has 0 amide bonds. The number of allylic oxidation sites excluding steroid dienone is 2. The number of Topliss-reactive ketones (excluding diaryl/α,β-unsaturated/α-hetero) is 1. The van der Waals surface area contributed by atoms with Crippen molar-refractivity contribution in [2.75, 3.05) is 20.3 Å². The van der Waals surface area contributed by atoms with Crippen LogP contribution < -0.4 is 10.5 Å². The molecule has 156 valence electrons. The average Bonchev–Trinajstić information content (AvgIpc) is 2.66. The highest BCUT2D eigenvalue weighted by Crippen LogP contribution is 2.49. The Morgan fingerprint density at radius 2 is 2.14 bits per heavy atom. The van der Waals surface area contributed by atoms with Gasteiger partial charge in [-0.15, -0.1) is 12.4 Å². The summed E-state index contributed by atoms with van der Waals surface area (Å²) in [6.07, 6.45) is 1.87. The second-order valence-electron chi connectivity index (χ2n) is 6.40. The predicted molar refractivity (Wildman–Crippen MR) is 110 cm³/mol. The fraction of sp³-hybridized carbons (Fsp3) is 0.368. The lowest BCUT2D eigenvalue weighted by Crippen LogP contribution is -2.29. The van der Waals surface area contributed by atoms with Gasteiger partial charge in [0.25, 0.3) is 0 Å². The maximum absolute atomic E-state index is 12.7. The number of nitrogens with zero attached hydrogens (tertiary/aromatic N) is 1. The van der Waals surface area contributed by atoms with Crippen molar-refractivity contribution in [3.8, 4) is 5.75 Å². The molecule has 0 saturated carbocycles. The van der Waals surface area contributed by atoms with Crippen LogP contribution in [0.4, 0.5) is 0 Å². The molecule has 0 saturated heterocycles. The van der Waals surface area contributed by atoms with Gasteiger partial charge in [0.15, 0.2) is 12.4 Å². The van der Waals surface area contributed by atoms with Crippen molar-refractivity contribution in [1.29, 1.82) is 0 Å². The Morgan fingerprint density at radius 1 is 1.38 bits per heavy atom. The van der Waals surface area contributed by atoms with Crippen molar-refractivity contribution in [3.05, 3.63) is 61.0 Å². The fourth-order valence-corrected chi connectivity index (χ4v) is 4.56. The second kappa shape index (κ2) is 9.80. The molecule has 8 nitrogen and oxygen atoms in total. The lowest BCUT2D eigenvalue weighted by atomic mass is 9.79. The Bertz CT molecular complexity index is 898. The minimum absolute atomic E-state index is 0. The number of esters is 1. The van der Waals surface area contributed by atoms with Gasteiger partial charge in [-0.1, -0.05) is 23.9 Å². The molecule has 2 aliphatic rings. The number of ketones is 1. The van der Waals surface area contributed by atoms with E-state index >= 15 is 0 Å². The molecule has 0 bridgehead atoms. The molecule has 1 heterocycles. The number of hydrogen-bond donors (Lipinski definition) is 1. The van der Waals surface area contributed by atoms with Crippen molar-refractivity contribution in [2.24, 2.45) is 5.73 Å². The normalized spacial score (nSPS) is 18.7. The minimum atomic E-state index is -0.746. The quantitative estimate of drug-likeness (QED) is 0.407. The summed E-state index contributed by atoms with van der Waals surface area (Å²) >= 11 is 1.21. The first-order chi connectivity index (χ1) is 13.4. The Kier molecular flexibility index (Phi) is 7.69. The van der Waals surface area contributed by atoms with E-state index in [1.165, 1.54) is 18.9 Å². The molecule has 0 spiro atoms. The Labute approximate surface area is 178 Å². The number of benzene rings is 1. The maximum Gasteiger partial charge on any atom is 0.337 e. The minimum Gasteiger partial charge on any atom is -0.497 e. The summed E-state index contributed by atoms with van der Waals surface area (Å²) in [6, 6.07) is 7.09. The van der Waals surface area contributed by atoms with E-state index in [0.29, 0.717) is 23.3 Å². The third-order valence-electron chi connectivity index (χ3n) is 4.64. The number of nitro groups is 1. The number of ether oxygens (including phenoxy) is 2. The largest absolute Gasteiger partial charge is 0.497 e. The summed E-state index contributed by atoms with van der Waals surface area (Å²) in [5.74, 6) is -0.864. The second-order valence-corrected chi connectivity index (χ2v) is 7.53. The van der Waals surface area contributed by atoms with E-state index in [4.69, 9.17) is 15.2 Å². The van der Waals surface area contributed by atoms with E-state index in [-0.39, 0.29) is 35.4 Å². The van der Waals surface area contributed by atoms with Gasteiger partial charge in [-0.05, 0) is 35.4 Å². The Hall–Kier alpha value is -2.52. The zero-order chi connectivity index (χ0) is 20.3. The highest BCUT2D eigenvalue weighted by atomic mass is 35.5. The van der Waals surface area contributed by atoms with Crippen LogP contribution in [0, 0.1) is 10.1 Å². The first kappa shape index (κ1) is 22.8. The molecule has 1 aromatic rings. The van der Waals surface area contributed by atoms with Crippen LogP contribution in [-0.4, -0.2) is 36.9 Å². The molecule has 1 aromatic carbocycles. The number of thioether (sulfide) groups is 1. The maximum atomic E-state index is 12.7. The summed E-state index contributed by atoms with van der Waals surface area (Å²) in [7, 11) is 1.53. The standard InChI is InChI=1S/C19H20N2O6S.ClH/c1-26-12-5-2-4-11(10-12)15-16-13(22)6-3-7-14(16)28-18(20)17(15)19(23)27-9-8-21(24)25;/h2,4-5,10,15H,3,6-9,20H2,1H3;1H. The van der Waals surface area contributed by atoms with Crippen LogP contribution >= 0.6 is 24.2 Å². The molecule has 0 aromatic heterocycles. The molecule has 1 atom stereocenters. The number of carbonyl (C=O) groups excluding carboxylic acids is 2. The summed E-state index contributed by atoms with van der Waals surface area (Å²) < 4.78 is 10.4. The van der Waals surface area contributed by atoms with Crippen molar-refractivity contribution < 1.29 is 24.0 Å². The van der Waals surface area contributed by atoms with Gasteiger partial charge >= 0.3 is 5.97 Å². The van der Waals surface area contributed by atoms with Crippen LogP contribution in [0.1, 0.15) is 30.7 Å². The van der Waals surface area contributed by atoms with Crippen LogP contribution in [0.2, 0.25) is 0 Å². The van der Waals surface area contributed by atoms with Crippen LogP contribution in [0.15, 0.2) is 45.3 Å². The van der Waals surface area contributed by atoms with E-state index in [2.05, 4.69) is 0 Å². The number of nitrogens with two attached hydrogens (primary N) is 1. The van der Waals surface area contributed by atoms with Gasteiger partial charge in [0.1, 0.15) is 5.75 Å². The zero-order valence-electron chi connectivity index (χ0n) is 15.7. The van der Waals surface area contributed by atoms with Gasteiger partial charge in [-0.3, -0.25) is 14.9 Å². The summed E-state index contributed by atoms with van der Waals surface area (Å²) in [4.78, 5) is 36.3. The number of hydrogen-bond acceptors (Lipinski definition) is 8. The van der Waals surface area contributed by atoms with E-state index in [0.717, 1.165) is 17.7 Å². The average molecular weight is 441 g/mol. The van der Waals surface area contributed by atoms with Crippen molar-refractivity contribution in [3.63, 3.8) is 0 Å². The van der Waals surface area contributed by atoms with Crippen LogP contribution in [0.3, 0.4) is 0 Å².